The Morgan fingerprint density at radius 2 is 1.93 bits per heavy atom. The van der Waals surface area contributed by atoms with Crippen LogP contribution in [0.3, 0.4) is 0 Å². The summed E-state index contributed by atoms with van der Waals surface area (Å²) in [5, 5.41) is 30.4. The van der Waals surface area contributed by atoms with E-state index in [2.05, 4.69) is 34.6 Å². The number of rotatable bonds is 2. The number of hydrogen-bond donors (Lipinski definition) is 3. The first-order valence-electron chi connectivity index (χ1n) is 11.6. The lowest BCUT2D eigenvalue weighted by molar-refractivity contribution is -0.0721. The summed E-state index contributed by atoms with van der Waals surface area (Å²) in [5.41, 5.74) is 2.96. The average Bonchev–Trinajstić information content (AvgIpc) is 3.26. The first-order chi connectivity index (χ1) is 14.3. The van der Waals surface area contributed by atoms with Gasteiger partial charge in [-0.25, -0.2) is 0 Å². The molecule has 3 saturated carbocycles. The Balaban J connectivity index is 0.000000204. The Kier molecular flexibility index (Phi) is 5.92. The molecule has 6 atom stereocenters. The lowest BCUT2D eigenvalue weighted by Crippen LogP contribution is -2.51. The lowest BCUT2D eigenvalue weighted by atomic mass is 9.47. The maximum absolute atomic E-state index is 10.5. The molecule has 3 fully saturated rings. The molecule has 0 spiro atoms. The van der Waals surface area contributed by atoms with Crippen LogP contribution in [0.2, 0.25) is 0 Å². The molecule has 30 heavy (non-hydrogen) atoms. The highest BCUT2D eigenvalue weighted by atomic mass is 16.5. The maximum Gasteiger partial charge on any atom is 0.228 e. The predicted molar refractivity (Wildman–Crippen MR) is 115 cm³/mol. The quantitative estimate of drug-likeness (QED) is 0.670. The molecule has 6 heteroatoms. The van der Waals surface area contributed by atoms with E-state index in [1.807, 2.05) is 0 Å². The molecule has 0 saturated heterocycles. The number of nitrogens with one attached hydrogen (secondary N) is 1. The van der Waals surface area contributed by atoms with Crippen molar-refractivity contribution < 1.29 is 14.7 Å². The van der Waals surface area contributed by atoms with Gasteiger partial charge in [0.2, 0.25) is 5.89 Å². The SMILES string of the molecule is C[C@]12CCC3C(CCC4=CC(=N)CC[C@@]43C)C1CCC2O.Cc1noc(CCO)n1. The molecule has 1 heterocycles. The molecule has 0 amide bonds. The van der Waals surface area contributed by atoms with Crippen LogP contribution in [-0.4, -0.2) is 38.8 Å². The Morgan fingerprint density at radius 1 is 1.13 bits per heavy atom. The second-order valence-corrected chi connectivity index (χ2v) is 10.4. The van der Waals surface area contributed by atoms with Crippen molar-refractivity contribution in [1.82, 2.24) is 10.1 Å². The summed E-state index contributed by atoms with van der Waals surface area (Å²) in [6.07, 6.45) is 12.0. The summed E-state index contributed by atoms with van der Waals surface area (Å²) in [6.45, 7) is 6.64. The van der Waals surface area contributed by atoms with E-state index in [9.17, 15) is 5.11 Å². The standard InChI is InChI=1S/C19H29NO.C5H8N2O2/c1-18-9-7-13(20)11-12(18)3-4-14-15-5-6-17(21)19(15,2)10-8-16(14)18;1-4-6-5(2-3-8)9-7-4/h11,14-17,20-21H,3-10H2,1-2H3;8H,2-3H2,1H3/t14?,15?,16?,17?,18-,19-;/m0./s1. The number of aryl methyl sites for hydroxylation is 1. The number of fused-ring (bicyclic) bond motifs is 5. The number of nitrogens with zero attached hydrogens (tertiary/aromatic N) is 2. The van der Waals surface area contributed by atoms with Crippen molar-refractivity contribution in [3.05, 3.63) is 23.4 Å². The van der Waals surface area contributed by atoms with E-state index < -0.39 is 0 Å². The van der Waals surface area contributed by atoms with Crippen LogP contribution in [0.15, 0.2) is 16.2 Å². The first-order valence-corrected chi connectivity index (χ1v) is 11.6. The van der Waals surface area contributed by atoms with E-state index in [1.165, 1.54) is 38.5 Å². The minimum atomic E-state index is -0.0623. The van der Waals surface area contributed by atoms with Gasteiger partial charge in [-0.2, -0.15) is 4.98 Å². The van der Waals surface area contributed by atoms with Gasteiger partial charge in [0, 0.05) is 5.71 Å². The van der Waals surface area contributed by atoms with Gasteiger partial charge < -0.3 is 20.1 Å². The zero-order chi connectivity index (χ0) is 21.5. The van der Waals surface area contributed by atoms with Gasteiger partial charge in [-0.05, 0) is 93.0 Å². The molecule has 4 aliphatic rings. The first kappa shape index (κ1) is 21.7. The van der Waals surface area contributed by atoms with Crippen LogP contribution in [0.5, 0.6) is 0 Å². The molecule has 0 aromatic carbocycles. The Hall–Kier alpha value is -1.53. The molecule has 166 valence electrons. The highest BCUT2D eigenvalue weighted by Crippen LogP contribution is 2.65. The molecule has 1 aromatic heterocycles. The zero-order valence-corrected chi connectivity index (χ0v) is 18.7. The highest BCUT2D eigenvalue weighted by molar-refractivity contribution is 5.94. The van der Waals surface area contributed by atoms with E-state index in [-0.39, 0.29) is 18.1 Å². The van der Waals surface area contributed by atoms with Crippen LogP contribution >= 0.6 is 0 Å². The van der Waals surface area contributed by atoms with Crippen molar-refractivity contribution >= 4 is 5.71 Å². The van der Waals surface area contributed by atoms with E-state index in [4.69, 9.17) is 10.5 Å². The zero-order valence-electron chi connectivity index (χ0n) is 18.7. The summed E-state index contributed by atoms with van der Waals surface area (Å²) in [6, 6.07) is 0. The van der Waals surface area contributed by atoms with Crippen LogP contribution in [0.25, 0.3) is 0 Å². The van der Waals surface area contributed by atoms with Gasteiger partial charge in [0.15, 0.2) is 5.82 Å². The van der Waals surface area contributed by atoms with E-state index in [1.54, 1.807) is 12.5 Å². The third-order valence-electron chi connectivity index (χ3n) is 8.84. The summed E-state index contributed by atoms with van der Waals surface area (Å²) in [5.74, 6) is 3.46. The third-order valence-corrected chi connectivity index (χ3v) is 8.84. The van der Waals surface area contributed by atoms with Crippen LogP contribution in [0.4, 0.5) is 0 Å². The van der Waals surface area contributed by atoms with Crippen LogP contribution in [0, 0.1) is 40.9 Å². The fraction of sp³-hybridized carbons (Fsp3) is 0.792. The smallest absolute Gasteiger partial charge is 0.228 e. The lowest BCUT2D eigenvalue weighted by Gasteiger charge is -2.57. The van der Waals surface area contributed by atoms with Gasteiger partial charge in [0.25, 0.3) is 0 Å². The van der Waals surface area contributed by atoms with Crippen LogP contribution < -0.4 is 0 Å². The Morgan fingerprint density at radius 3 is 2.63 bits per heavy atom. The molecule has 6 nitrogen and oxygen atoms in total. The number of hydrogen-bond acceptors (Lipinski definition) is 6. The second kappa shape index (κ2) is 8.19. The number of allylic oxidation sites excluding steroid dienone is 2. The number of aliphatic hydroxyl groups is 2. The van der Waals surface area contributed by atoms with Crippen LogP contribution in [0.1, 0.15) is 76.9 Å². The average molecular weight is 416 g/mol. The molecule has 0 radical (unpaired) electrons. The van der Waals surface area contributed by atoms with E-state index >= 15 is 0 Å². The summed E-state index contributed by atoms with van der Waals surface area (Å²) in [4.78, 5) is 3.86. The monoisotopic (exact) mass is 415 g/mol. The van der Waals surface area contributed by atoms with Gasteiger partial charge >= 0.3 is 0 Å². The van der Waals surface area contributed by atoms with Gasteiger partial charge in [-0.3, -0.25) is 0 Å². The molecule has 0 bridgehead atoms. The van der Waals surface area contributed by atoms with Crippen molar-refractivity contribution in [2.75, 3.05) is 6.61 Å². The second-order valence-electron chi connectivity index (χ2n) is 10.4. The van der Waals surface area contributed by atoms with E-state index in [0.717, 1.165) is 36.3 Å². The van der Waals surface area contributed by atoms with Crippen LogP contribution in [-0.2, 0) is 6.42 Å². The van der Waals surface area contributed by atoms with Crippen molar-refractivity contribution in [2.45, 2.75) is 84.7 Å². The van der Waals surface area contributed by atoms with E-state index in [0.29, 0.717) is 23.6 Å². The largest absolute Gasteiger partial charge is 0.396 e. The number of aromatic nitrogens is 2. The van der Waals surface area contributed by atoms with Gasteiger partial charge in [-0.1, -0.05) is 24.6 Å². The highest BCUT2D eigenvalue weighted by Gasteiger charge is 2.58. The van der Waals surface area contributed by atoms with Gasteiger partial charge in [0.1, 0.15) is 0 Å². The molecular weight excluding hydrogens is 378 g/mol. The fourth-order valence-electron chi connectivity index (χ4n) is 7.10. The number of aliphatic hydroxyl groups excluding tert-OH is 2. The van der Waals surface area contributed by atoms with Gasteiger partial charge in [-0.15, -0.1) is 0 Å². The molecule has 4 unspecified atom stereocenters. The molecular formula is C24H37N3O3. The van der Waals surface area contributed by atoms with Gasteiger partial charge in [0.05, 0.1) is 19.1 Å². The normalized spacial score (nSPS) is 39.9. The summed E-state index contributed by atoms with van der Waals surface area (Å²) < 4.78 is 4.68. The van der Waals surface area contributed by atoms with Crippen molar-refractivity contribution in [2.24, 2.45) is 28.6 Å². The molecule has 5 rings (SSSR count). The molecule has 0 aliphatic heterocycles. The Labute approximate surface area is 179 Å². The molecule has 3 N–H and O–H groups in total. The predicted octanol–water partition coefficient (Wildman–Crippen LogP) is 4.24. The van der Waals surface area contributed by atoms with Crippen molar-refractivity contribution in [3.8, 4) is 0 Å². The van der Waals surface area contributed by atoms with Crippen molar-refractivity contribution in [3.63, 3.8) is 0 Å². The molecule has 1 aromatic rings. The minimum Gasteiger partial charge on any atom is -0.396 e. The Bertz CT molecular complexity index is 818. The summed E-state index contributed by atoms with van der Waals surface area (Å²) in [7, 11) is 0. The third kappa shape index (κ3) is 3.66. The van der Waals surface area contributed by atoms with Crippen molar-refractivity contribution in [1.29, 1.82) is 5.41 Å². The topological polar surface area (TPSA) is 103 Å². The summed E-state index contributed by atoms with van der Waals surface area (Å²) >= 11 is 0. The molecule has 4 aliphatic carbocycles. The fourth-order valence-corrected chi connectivity index (χ4v) is 7.10. The maximum atomic E-state index is 10.5. The minimum absolute atomic E-state index is 0.0572.